The van der Waals surface area contributed by atoms with E-state index in [4.69, 9.17) is 16.9 Å². The van der Waals surface area contributed by atoms with E-state index in [1.807, 2.05) is 9.80 Å². The summed E-state index contributed by atoms with van der Waals surface area (Å²) >= 11 is 6.01. The lowest BCUT2D eigenvalue weighted by molar-refractivity contribution is -0.138. The third-order valence-electron chi connectivity index (χ3n) is 5.28. The van der Waals surface area contributed by atoms with Gasteiger partial charge in [-0.25, -0.2) is 4.98 Å². The molecule has 27 heavy (non-hydrogen) atoms. The van der Waals surface area contributed by atoms with Crippen molar-refractivity contribution in [2.45, 2.75) is 31.9 Å². The standard InChI is InChI=1S/C18H20ClF3N4O/c19-15-9-14(18(20,21)22)11-24-16(15)25-7-3-13(4-8-25)17(27)26-5-1-12(10-23)2-6-26/h9,11-13H,1-8H2. The summed E-state index contributed by atoms with van der Waals surface area (Å²) in [5.74, 6) is 0.361. The lowest BCUT2D eigenvalue weighted by Gasteiger charge is -2.37. The first kappa shape index (κ1) is 19.7. The molecule has 0 unspecified atom stereocenters. The number of hydrogen-bond donors (Lipinski definition) is 0. The number of pyridine rings is 1. The van der Waals surface area contributed by atoms with Gasteiger partial charge in [0.25, 0.3) is 0 Å². The summed E-state index contributed by atoms with van der Waals surface area (Å²) in [7, 11) is 0. The first-order valence-electron chi connectivity index (χ1n) is 8.95. The van der Waals surface area contributed by atoms with Crippen LogP contribution in [0, 0.1) is 23.2 Å². The molecule has 146 valence electrons. The molecule has 0 radical (unpaired) electrons. The quantitative estimate of drug-likeness (QED) is 0.759. The predicted molar refractivity (Wildman–Crippen MR) is 94.1 cm³/mol. The van der Waals surface area contributed by atoms with Crippen molar-refractivity contribution < 1.29 is 18.0 Å². The molecule has 0 atom stereocenters. The van der Waals surface area contributed by atoms with Gasteiger partial charge in [-0.2, -0.15) is 18.4 Å². The zero-order chi connectivity index (χ0) is 19.6. The predicted octanol–water partition coefficient (Wildman–Crippen LogP) is 3.73. The van der Waals surface area contributed by atoms with E-state index in [0.717, 1.165) is 12.3 Å². The number of aromatic nitrogens is 1. The largest absolute Gasteiger partial charge is 0.417 e. The minimum atomic E-state index is -4.48. The smallest absolute Gasteiger partial charge is 0.355 e. The molecule has 2 aliphatic rings. The molecule has 5 nitrogen and oxygen atoms in total. The monoisotopic (exact) mass is 400 g/mol. The summed E-state index contributed by atoms with van der Waals surface area (Å²) in [5.41, 5.74) is -0.873. The van der Waals surface area contributed by atoms with E-state index in [1.54, 1.807) is 0 Å². The Morgan fingerprint density at radius 2 is 1.81 bits per heavy atom. The second-order valence-electron chi connectivity index (χ2n) is 7.02. The second-order valence-corrected chi connectivity index (χ2v) is 7.42. The van der Waals surface area contributed by atoms with Crippen LogP contribution in [0.2, 0.25) is 5.02 Å². The van der Waals surface area contributed by atoms with Gasteiger partial charge in [0.15, 0.2) is 0 Å². The number of nitrogens with zero attached hydrogens (tertiary/aromatic N) is 4. The topological polar surface area (TPSA) is 60.2 Å². The third-order valence-corrected chi connectivity index (χ3v) is 5.56. The average Bonchev–Trinajstić information content (AvgIpc) is 2.67. The van der Waals surface area contributed by atoms with E-state index < -0.39 is 11.7 Å². The molecule has 2 saturated heterocycles. The molecule has 3 heterocycles. The summed E-state index contributed by atoms with van der Waals surface area (Å²) in [6.45, 7) is 2.26. The van der Waals surface area contributed by atoms with Crippen molar-refractivity contribution in [3.8, 4) is 6.07 Å². The number of anilines is 1. The van der Waals surface area contributed by atoms with Gasteiger partial charge in [-0.1, -0.05) is 11.6 Å². The molecule has 1 aromatic rings. The fraction of sp³-hybridized carbons (Fsp3) is 0.611. The van der Waals surface area contributed by atoms with Crippen LogP contribution in [0.25, 0.3) is 0 Å². The highest BCUT2D eigenvalue weighted by Crippen LogP contribution is 2.35. The number of alkyl halides is 3. The van der Waals surface area contributed by atoms with Crippen LogP contribution in [0.1, 0.15) is 31.2 Å². The van der Waals surface area contributed by atoms with Gasteiger partial charge >= 0.3 is 6.18 Å². The Morgan fingerprint density at radius 3 is 2.33 bits per heavy atom. The van der Waals surface area contributed by atoms with Gasteiger partial charge < -0.3 is 9.80 Å². The first-order valence-corrected chi connectivity index (χ1v) is 9.33. The Balaban J connectivity index is 1.58. The van der Waals surface area contributed by atoms with Crippen molar-refractivity contribution in [1.82, 2.24) is 9.88 Å². The van der Waals surface area contributed by atoms with Gasteiger partial charge in [-0.3, -0.25) is 4.79 Å². The molecule has 1 aromatic heterocycles. The van der Waals surface area contributed by atoms with Crippen molar-refractivity contribution in [1.29, 1.82) is 5.26 Å². The van der Waals surface area contributed by atoms with E-state index in [9.17, 15) is 18.0 Å². The molecule has 2 aliphatic heterocycles. The lowest BCUT2D eigenvalue weighted by atomic mass is 9.92. The van der Waals surface area contributed by atoms with Crippen molar-refractivity contribution in [2.75, 3.05) is 31.1 Å². The molecule has 1 amide bonds. The first-order chi connectivity index (χ1) is 12.8. The Bertz CT molecular complexity index is 733. The van der Waals surface area contributed by atoms with Gasteiger partial charge in [0.05, 0.1) is 16.7 Å². The SMILES string of the molecule is N#CC1CCN(C(=O)C2CCN(c3ncc(C(F)(F)F)cc3Cl)CC2)CC1. The van der Waals surface area contributed by atoms with Gasteiger partial charge in [0.2, 0.25) is 5.91 Å². The maximum Gasteiger partial charge on any atom is 0.417 e. The van der Waals surface area contributed by atoms with Crippen LogP contribution in [0.3, 0.4) is 0 Å². The van der Waals surface area contributed by atoms with Crippen LogP contribution < -0.4 is 4.90 Å². The fourth-order valence-corrected chi connectivity index (χ4v) is 3.93. The lowest BCUT2D eigenvalue weighted by Crippen LogP contribution is -2.45. The minimum absolute atomic E-state index is 0.0313. The van der Waals surface area contributed by atoms with Crippen LogP contribution in [0.5, 0.6) is 0 Å². The minimum Gasteiger partial charge on any atom is -0.355 e. The van der Waals surface area contributed by atoms with E-state index in [2.05, 4.69) is 11.1 Å². The number of carbonyl (C=O) groups is 1. The molecule has 0 aliphatic carbocycles. The van der Waals surface area contributed by atoms with Gasteiger partial charge in [-0.05, 0) is 31.7 Å². The molecule has 2 fully saturated rings. The maximum atomic E-state index is 12.7. The van der Waals surface area contributed by atoms with E-state index in [1.165, 1.54) is 0 Å². The summed E-state index contributed by atoms with van der Waals surface area (Å²) in [4.78, 5) is 20.2. The zero-order valence-corrected chi connectivity index (χ0v) is 15.4. The van der Waals surface area contributed by atoms with Crippen molar-refractivity contribution in [3.05, 3.63) is 22.8 Å². The van der Waals surface area contributed by atoms with Crippen LogP contribution in [0.15, 0.2) is 12.3 Å². The number of halogens is 4. The Kier molecular flexibility index (Phi) is 5.80. The van der Waals surface area contributed by atoms with Crippen molar-refractivity contribution in [2.24, 2.45) is 11.8 Å². The normalized spacial score (nSPS) is 19.8. The molecular weight excluding hydrogens is 381 g/mol. The molecule has 9 heteroatoms. The Hall–Kier alpha value is -2.01. The van der Waals surface area contributed by atoms with Gasteiger partial charge in [-0.15, -0.1) is 0 Å². The summed E-state index contributed by atoms with van der Waals surface area (Å²) in [6, 6.07) is 3.14. The molecule has 0 spiro atoms. The van der Waals surface area contributed by atoms with Gasteiger partial charge in [0, 0.05) is 44.2 Å². The number of rotatable bonds is 2. The highest BCUT2D eigenvalue weighted by Gasteiger charge is 2.34. The van der Waals surface area contributed by atoms with E-state index >= 15 is 0 Å². The Morgan fingerprint density at radius 1 is 1.19 bits per heavy atom. The zero-order valence-electron chi connectivity index (χ0n) is 14.7. The second kappa shape index (κ2) is 7.93. The number of hydrogen-bond acceptors (Lipinski definition) is 4. The van der Waals surface area contributed by atoms with Crippen molar-refractivity contribution in [3.63, 3.8) is 0 Å². The van der Waals surface area contributed by atoms with Crippen LogP contribution in [0.4, 0.5) is 19.0 Å². The number of carbonyl (C=O) groups excluding carboxylic acids is 1. The molecule has 0 saturated carbocycles. The molecule has 0 bridgehead atoms. The Labute approximate surface area is 160 Å². The number of amides is 1. The van der Waals surface area contributed by atoms with Crippen LogP contribution in [-0.4, -0.2) is 42.0 Å². The fourth-order valence-electron chi connectivity index (χ4n) is 3.64. The maximum absolute atomic E-state index is 12.7. The molecular formula is C18H20ClF3N4O. The molecule has 0 aromatic carbocycles. The number of likely N-dealkylation sites (tertiary alicyclic amines) is 1. The number of piperidine rings is 2. The van der Waals surface area contributed by atoms with Crippen LogP contribution in [-0.2, 0) is 11.0 Å². The molecule has 3 rings (SSSR count). The third kappa shape index (κ3) is 4.46. The van der Waals surface area contributed by atoms with E-state index in [0.29, 0.717) is 57.7 Å². The molecule has 0 N–H and O–H groups in total. The van der Waals surface area contributed by atoms with Gasteiger partial charge in [0.1, 0.15) is 5.82 Å². The average molecular weight is 401 g/mol. The summed E-state index contributed by atoms with van der Waals surface area (Å²) < 4.78 is 38.2. The van der Waals surface area contributed by atoms with Crippen LogP contribution >= 0.6 is 11.6 Å². The number of nitriles is 1. The summed E-state index contributed by atoms with van der Waals surface area (Å²) in [5, 5.41) is 8.91. The van der Waals surface area contributed by atoms with Crippen molar-refractivity contribution >= 4 is 23.3 Å². The van der Waals surface area contributed by atoms with E-state index in [-0.39, 0.29) is 22.8 Å². The summed E-state index contributed by atoms with van der Waals surface area (Å²) in [6.07, 6.45) is -1.05. The highest BCUT2D eigenvalue weighted by atomic mass is 35.5. The highest BCUT2D eigenvalue weighted by molar-refractivity contribution is 6.33.